The lowest BCUT2D eigenvalue weighted by atomic mass is 10.0. The standard InChI is InChI=1S/C21H21NO5/c1-24-16-7-5-6-13(8-16)14-9-17(22-11-14)19-15(12-23)10-18(25-2)20(26-3)21(19)27-4/h5-12,22H,1-4H3. The Morgan fingerprint density at radius 1 is 0.852 bits per heavy atom. The largest absolute Gasteiger partial charge is 0.497 e. The predicted octanol–water partition coefficient (Wildman–Crippen LogP) is 4.20. The fourth-order valence-electron chi connectivity index (χ4n) is 3.05. The number of carbonyl (C=O) groups is 1. The van der Waals surface area contributed by atoms with Gasteiger partial charge >= 0.3 is 0 Å². The number of aldehydes is 1. The molecule has 3 aromatic rings. The Balaban J connectivity index is 2.16. The van der Waals surface area contributed by atoms with Gasteiger partial charge in [-0.3, -0.25) is 4.79 Å². The Labute approximate surface area is 157 Å². The summed E-state index contributed by atoms with van der Waals surface area (Å²) in [5.74, 6) is 2.06. The highest BCUT2D eigenvalue weighted by molar-refractivity contribution is 5.93. The average Bonchev–Trinajstić information content (AvgIpc) is 3.21. The van der Waals surface area contributed by atoms with E-state index in [1.807, 2.05) is 36.5 Å². The lowest BCUT2D eigenvalue weighted by Gasteiger charge is -2.17. The zero-order valence-corrected chi connectivity index (χ0v) is 15.7. The fraction of sp³-hybridized carbons (Fsp3) is 0.190. The zero-order chi connectivity index (χ0) is 19.4. The van der Waals surface area contributed by atoms with E-state index >= 15 is 0 Å². The highest BCUT2D eigenvalue weighted by Gasteiger charge is 2.22. The molecule has 0 amide bonds. The quantitative estimate of drug-likeness (QED) is 0.634. The smallest absolute Gasteiger partial charge is 0.204 e. The van der Waals surface area contributed by atoms with Crippen molar-refractivity contribution in [2.24, 2.45) is 0 Å². The molecular weight excluding hydrogens is 346 g/mol. The van der Waals surface area contributed by atoms with E-state index in [9.17, 15) is 4.79 Å². The Kier molecular flexibility index (Phi) is 5.35. The van der Waals surface area contributed by atoms with Crippen LogP contribution in [0.4, 0.5) is 0 Å². The molecule has 0 bridgehead atoms. The summed E-state index contributed by atoms with van der Waals surface area (Å²) in [7, 11) is 6.20. The third kappa shape index (κ3) is 3.33. The minimum atomic E-state index is 0.429. The summed E-state index contributed by atoms with van der Waals surface area (Å²) in [6.07, 6.45) is 2.64. The van der Waals surface area contributed by atoms with Gasteiger partial charge in [-0.2, -0.15) is 0 Å². The molecule has 0 saturated carbocycles. The van der Waals surface area contributed by atoms with Crippen LogP contribution in [0.1, 0.15) is 10.4 Å². The van der Waals surface area contributed by atoms with Crippen LogP contribution in [-0.4, -0.2) is 39.7 Å². The Morgan fingerprint density at radius 2 is 1.63 bits per heavy atom. The summed E-state index contributed by atoms with van der Waals surface area (Å²) in [6, 6.07) is 11.3. The number of H-pyrrole nitrogens is 1. The number of nitrogens with one attached hydrogen (secondary N) is 1. The van der Waals surface area contributed by atoms with Gasteiger partial charge in [-0.05, 0) is 35.4 Å². The Morgan fingerprint density at radius 3 is 2.26 bits per heavy atom. The van der Waals surface area contributed by atoms with Crippen molar-refractivity contribution >= 4 is 6.29 Å². The molecule has 140 valence electrons. The SMILES string of the molecule is COc1cccc(-c2c[nH]c(-c3c(C=O)cc(OC)c(OC)c3OC)c2)c1. The number of rotatable bonds is 7. The van der Waals surface area contributed by atoms with Gasteiger partial charge in [0.1, 0.15) is 5.75 Å². The van der Waals surface area contributed by atoms with Crippen LogP contribution in [0.5, 0.6) is 23.0 Å². The first-order valence-electron chi connectivity index (χ1n) is 8.28. The molecule has 0 aliphatic rings. The summed E-state index contributed by atoms with van der Waals surface area (Å²) in [5, 5.41) is 0. The van der Waals surface area contributed by atoms with Gasteiger partial charge in [0.15, 0.2) is 17.8 Å². The van der Waals surface area contributed by atoms with Crippen LogP contribution in [-0.2, 0) is 0 Å². The maximum Gasteiger partial charge on any atom is 0.204 e. The first-order chi connectivity index (χ1) is 13.2. The Hall–Kier alpha value is -3.41. The van der Waals surface area contributed by atoms with Gasteiger partial charge in [-0.25, -0.2) is 0 Å². The maximum atomic E-state index is 11.7. The number of hydrogen-bond donors (Lipinski definition) is 1. The van der Waals surface area contributed by atoms with Crippen molar-refractivity contribution < 1.29 is 23.7 Å². The lowest BCUT2D eigenvalue weighted by molar-refractivity contribution is 0.112. The van der Waals surface area contributed by atoms with Gasteiger partial charge in [-0.15, -0.1) is 0 Å². The van der Waals surface area contributed by atoms with E-state index in [0.29, 0.717) is 28.4 Å². The molecular formula is C21H21NO5. The lowest BCUT2D eigenvalue weighted by Crippen LogP contribution is -2.00. The van der Waals surface area contributed by atoms with Crippen LogP contribution in [0.3, 0.4) is 0 Å². The third-order valence-electron chi connectivity index (χ3n) is 4.34. The van der Waals surface area contributed by atoms with Crippen LogP contribution < -0.4 is 18.9 Å². The molecule has 0 spiro atoms. The van der Waals surface area contributed by atoms with E-state index in [1.165, 1.54) is 21.3 Å². The molecule has 0 fully saturated rings. The van der Waals surface area contributed by atoms with E-state index in [0.717, 1.165) is 28.9 Å². The normalized spacial score (nSPS) is 10.4. The minimum absolute atomic E-state index is 0.429. The van der Waals surface area contributed by atoms with E-state index in [2.05, 4.69) is 4.98 Å². The van der Waals surface area contributed by atoms with Crippen LogP contribution in [0.15, 0.2) is 42.6 Å². The number of benzene rings is 2. The molecule has 2 aromatic carbocycles. The van der Waals surface area contributed by atoms with Gasteiger partial charge in [-0.1, -0.05) is 12.1 Å². The average molecular weight is 367 g/mol. The minimum Gasteiger partial charge on any atom is -0.497 e. The van der Waals surface area contributed by atoms with Crippen molar-refractivity contribution in [3.63, 3.8) is 0 Å². The van der Waals surface area contributed by atoms with Crippen molar-refractivity contribution in [1.29, 1.82) is 0 Å². The fourth-order valence-corrected chi connectivity index (χ4v) is 3.05. The number of carbonyl (C=O) groups excluding carboxylic acids is 1. The summed E-state index contributed by atoms with van der Waals surface area (Å²) in [4.78, 5) is 14.9. The monoisotopic (exact) mass is 367 g/mol. The second-order valence-electron chi connectivity index (χ2n) is 5.76. The molecule has 0 aliphatic heterocycles. The first-order valence-corrected chi connectivity index (χ1v) is 8.28. The molecule has 0 radical (unpaired) electrons. The number of aromatic nitrogens is 1. The number of aromatic amines is 1. The van der Waals surface area contributed by atoms with Crippen molar-refractivity contribution in [3.8, 4) is 45.4 Å². The molecule has 1 aromatic heterocycles. The van der Waals surface area contributed by atoms with Gasteiger partial charge in [0.05, 0.1) is 39.7 Å². The Bertz CT molecular complexity index is 961. The molecule has 0 aliphatic carbocycles. The highest BCUT2D eigenvalue weighted by atomic mass is 16.5. The van der Waals surface area contributed by atoms with Crippen LogP contribution in [0, 0.1) is 0 Å². The summed E-state index contributed by atoms with van der Waals surface area (Å²) in [6.45, 7) is 0. The second kappa shape index (κ2) is 7.86. The van der Waals surface area contributed by atoms with E-state index in [1.54, 1.807) is 13.2 Å². The molecule has 27 heavy (non-hydrogen) atoms. The molecule has 0 unspecified atom stereocenters. The second-order valence-corrected chi connectivity index (χ2v) is 5.76. The molecule has 1 N–H and O–H groups in total. The number of ether oxygens (including phenoxy) is 4. The molecule has 1 heterocycles. The molecule has 6 heteroatoms. The van der Waals surface area contributed by atoms with Gasteiger partial charge in [0, 0.05) is 11.8 Å². The van der Waals surface area contributed by atoms with Crippen molar-refractivity contribution in [3.05, 3.63) is 48.2 Å². The van der Waals surface area contributed by atoms with Crippen LogP contribution >= 0.6 is 0 Å². The molecule has 6 nitrogen and oxygen atoms in total. The summed E-state index contributed by atoms with van der Waals surface area (Å²) in [5.41, 5.74) is 3.72. The van der Waals surface area contributed by atoms with Crippen LogP contribution in [0.2, 0.25) is 0 Å². The van der Waals surface area contributed by atoms with Crippen molar-refractivity contribution in [1.82, 2.24) is 4.98 Å². The van der Waals surface area contributed by atoms with Crippen molar-refractivity contribution in [2.75, 3.05) is 28.4 Å². The van der Waals surface area contributed by atoms with Gasteiger partial charge in [0.25, 0.3) is 0 Å². The molecule has 0 atom stereocenters. The molecule has 3 rings (SSSR count). The maximum absolute atomic E-state index is 11.7. The van der Waals surface area contributed by atoms with Crippen LogP contribution in [0.25, 0.3) is 22.4 Å². The van der Waals surface area contributed by atoms with E-state index in [-0.39, 0.29) is 0 Å². The van der Waals surface area contributed by atoms with E-state index < -0.39 is 0 Å². The first kappa shape index (κ1) is 18.4. The highest BCUT2D eigenvalue weighted by Crippen LogP contribution is 2.46. The summed E-state index contributed by atoms with van der Waals surface area (Å²) < 4.78 is 21.6. The third-order valence-corrected chi connectivity index (χ3v) is 4.34. The van der Waals surface area contributed by atoms with Gasteiger partial charge in [0.2, 0.25) is 5.75 Å². The zero-order valence-electron chi connectivity index (χ0n) is 15.7. The molecule has 0 saturated heterocycles. The number of hydrogen-bond acceptors (Lipinski definition) is 5. The topological polar surface area (TPSA) is 69.8 Å². The van der Waals surface area contributed by atoms with Crippen molar-refractivity contribution in [2.45, 2.75) is 0 Å². The predicted molar refractivity (Wildman–Crippen MR) is 103 cm³/mol. The summed E-state index contributed by atoms with van der Waals surface area (Å²) >= 11 is 0. The van der Waals surface area contributed by atoms with Gasteiger partial charge < -0.3 is 23.9 Å². The number of methoxy groups -OCH3 is 4. The van der Waals surface area contributed by atoms with E-state index in [4.69, 9.17) is 18.9 Å².